The number of nitrogens with zero attached hydrogens (tertiary/aromatic N) is 1. The fourth-order valence-corrected chi connectivity index (χ4v) is 3.08. The van der Waals surface area contributed by atoms with Crippen LogP contribution in [0.2, 0.25) is 0 Å². The molecule has 0 saturated carbocycles. The van der Waals surface area contributed by atoms with Crippen LogP contribution in [-0.4, -0.2) is 30.8 Å². The number of nitrogens with one attached hydrogen (secondary N) is 1. The van der Waals surface area contributed by atoms with Crippen LogP contribution in [0, 0.1) is 12.8 Å². The first-order valence-corrected chi connectivity index (χ1v) is 7.38. The molecule has 2 heterocycles. The molecule has 4 heteroatoms. The van der Waals surface area contributed by atoms with E-state index in [4.69, 9.17) is 4.74 Å². The van der Waals surface area contributed by atoms with E-state index in [1.54, 1.807) is 11.3 Å². The van der Waals surface area contributed by atoms with E-state index in [9.17, 15) is 0 Å². The van der Waals surface area contributed by atoms with E-state index < -0.39 is 0 Å². The van der Waals surface area contributed by atoms with Gasteiger partial charge in [-0.1, -0.05) is 6.92 Å². The predicted octanol–water partition coefficient (Wildman–Crippen LogP) is 2.40. The highest BCUT2D eigenvalue weighted by Crippen LogP contribution is 2.20. The molecular weight excluding hydrogens is 232 g/mol. The van der Waals surface area contributed by atoms with Crippen molar-refractivity contribution in [3.05, 3.63) is 16.1 Å². The first-order chi connectivity index (χ1) is 8.28. The second-order valence-electron chi connectivity index (χ2n) is 4.78. The van der Waals surface area contributed by atoms with E-state index >= 15 is 0 Å². The molecular formula is C13H22N2OS. The van der Waals surface area contributed by atoms with Crippen LogP contribution in [-0.2, 0) is 11.2 Å². The van der Waals surface area contributed by atoms with Gasteiger partial charge >= 0.3 is 0 Å². The van der Waals surface area contributed by atoms with Crippen LogP contribution in [0.15, 0.2) is 5.38 Å². The van der Waals surface area contributed by atoms with Crippen molar-refractivity contribution in [2.75, 3.05) is 19.8 Å². The molecule has 3 nitrogen and oxygen atoms in total. The number of hydrogen-bond donors (Lipinski definition) is 1. The minimum atomic E-state index is 0.549. The van der Waals surface area contributed by atoms with Crippen LogP contribution < -0.4 is 5.32 Å². The van der Waals surface area contributed by atoms with Gasteiger partial charge in [-0.15, -0.1) is 11.3 Å². The molecule has 1 aliphatic rings. The van der Waals surface area contributed by atoms with Crippen LogP contribution in [0.3, 0.4) is 0 Å². The molecule has 17 heavy (non-hydrogen) atoms. The maximum atomic E-state index is 5.45. The summed E-state index contributed by atoms with van der Waals surface area (Å²) in [4.78, 5) is 4.55. The Bertz CT molecular complexity index is 334. The summed E-state index contributed by atoms with van der Waals surface area (Å²) < 4.78 is 5.45. The monoisotopic (exact) mass is 254 g/mol. The molecule has 1 aromatic heterocycles. The highest BCUT2D eigenvalue weighted by atomic mass is 32.1. The third kappa shape index (κ3) is 4.05. The molecule has 1 fully saturated rings. The van der Waals surface area contributed by atoms with Gasteiger partial charge in [0, 0.05) is 31.1 Å². The molecule has 1 N–H and O–H groups in total. The van der Waals surface area contributed by atoms with Gasteiger partial charge in [0.15, 0.2) is 0 Å². The molecule has 1 aliphatic heterocycles. The van der Waals surface area contributed by atoms with Gasteiger partial charge in [-0.3, -0.25) is 0 Å². The smallest absolute Gasteiger partial charge is 0.0897 e. The van der Waals surface area contributed by atoms with Crippen molar-refractivity contribution in [1.29, 1.82) is 0 Å². The zero-order valence-corrected chi connectivity index (χ0v) is 11.6. The topological polar surface area (TPSA) is 34.2 Å². The van der Waals surface area contributed by atoms with Gasteiger partial charge in [-0.05, 0) is 32.2 Å². The summed E-state index contributed by atoms with van der Waals surface area (Å²) >= 11 is 1.74. The standard InChI is InChI=1S/C13H22N2OS/c1-3-14-12(6-11-4-5-16-8-11)7-13-9-17-10(2)15-13/h9,11-12,14H,3-8H2,1-2H3. The fraction of sp³-hybridized carbons (Fsp3) is 0.769. The Morgan fingerprint density at radius 1 is 1.65 bits per heavy atom. The molecule has 0 aliphatic carbocycles. The van der Waals surface area contributed by atoms with E-state index in [1.165, 1.54) is 23.5 Å². The number of rotatable bonds is 6. The lowest BCUT2D eigenvalue weighted by molar-refractivity contribution is 0.181. The Labute approximate surface area is 108 Å². The number of likely N-dealkylation sites (N-methyl/N-ethyl adjacent to an activating group) is 1. The summed E-state index contributed by atoms with van der Waals surface area (Å²) in [6.07, 6.45) is 3.48. The van der Waals surface area contributed by atoms with Crippen molar-refractivity contribution in [2.45, 2.75) is 39.2 Å². The summed E-state index contributed by atoms with van der Waals surface area (Å²) in [7, 11) is 0. The summed E-state index contributed by atoms with van der Waals surface area (Å²) in [5, 5.41) is 6.93. The van der Waals surface area contributed by atoms with Crippen molar-refractivity contribution in [2.24, 2.45) is 5.92 Å². The van der Waals surface area contributed by atoms with Gasteiger partial charge in [-0.2, -0.15) is 0 Å². The number of aromatic nitrogens is 1. The van der Waals surface area contributed by atoms with Gasteiger partial charge in [-0.25, -0.2) is 4.98 Å². The lowest BCUT2D eigenvalue weighted by Crippen LogP contribution is -2.33. The summed E-state index contributed by atoms with van der Waals surface area (Å²) in [6.45, 7) is 7.16. The summed E-state index contributed by atoms with van der Waals surface area (Å²) in [5.41, 5.74) is 1.23. The van der Waals surface area contributed by atoms with Crippen LogP contribution in [0.25, 0.3) is 0 Å². The van der Waals surface area contributed by atoms with Crippen molar-refractivity contribution in [3.63, 3.8) is 0 Å². The average Bonchev–Trinajstić information content (AvgIpc) is 2.91. The fourth-order valence-electron chi connectivity index (χ4n) is 2.45. The number of hydrogen-bond acceptors (Lipinski definition) is 4. The van der Waals surface area contributed by atoms with E-state index in [0.717, 1.165) is 32.1 Å². The van der Waals surface area contributed by atoms with Crippen molar-refractivity contribution < 1.29 is 4.74 Å². The van der Waals surface area contributed by atoms with Crippen LogP contribution >= 0.6 is 11.3 Å². The van der Waals surface area contributed by atoms with Crippen LogP contribution in [0.1, 0.15) is 30.5 Å². The molecule has 0 spiro atoms. The molecule has 0 bridgehead atoms. The molecule has 0 aromatic carbocycles. The Morgan fingerprint density at radius 2 is 2.53 bits per heavy atom. The zero-order chi connectivity index (χ0) is 12.1. The number of aryl methyl sites for hydroxylation is 1. The molecule has 1 saturated heterocycles. The second-order valence-corrected chi connectivity index (χ2v) is 5.84. The van der Waals surface area contributed by atoms with Crippen LogP contribution in [0.5, 0.6) is 0 Å². The maximum absolute atomic E-state index is 5.45. The second kappa shape index (κ2) is 6.47. The van der Waals surface area contributed by atoms with E-state index in [-0.39, 0.29) is 0 Å². The quantitative estimate of drug-likeness (QED) is 0.846. The molecule has 2 atom stereocenters. The predicted molar refractivity (Wildman–Crippen MR) is 71.6 cm³/mol. The highest BCUT2D eigenvalue weighted by molar-refractivity contribution is 7.09. The third-order valence-electron chi connectivity index (χ3n) is 3.26. The number of ether oxygens (including phenoxy) is 1. The Balaban J connectivity index is 1.87. The first-order valence-electron chi connectivity index (χ1n) is 6.50. The summed E-state index contributed by atoms with van der Waals surface area (Å²) in [6, 6.07) is 0.549. The molecule has 96 valence electrons. The molecule has 2 rings (SSSR count). The zero-order valence-electron chi connectivity index (χ0n) is 10.7. The van der Waals surface area contributed by atoms with E-state index in [1.807, 2.05) is 0 Å². The lowest BCUT2D eigenvalue weighted by Gasteiger charge is -2.19. The molecule has 0 amide bonds. The largest absolute Gasteiger partial charge is 0.381 e. The minimum Gasteiger partial charge on any atom is -0.381 e. The van der Waals surface area contributed by atoms with Gasteiger partial charge in [0.2, 0.25) is 0 Å². The Hall–Kier alpha value is -0.450. The minimum absolute atomic E-state index is 0.549. The Kier molecular flexibility index (Phi) is 4.95. The van der Waals surface area contributed by atoms with Crippen LogP contribution in [0.4, 0.5) is 0 Å². The SMILES string of the molecule is CCNC(Cc1csc(C)n1)CC1CCOC1. The van der Waals surface area contributed by atoms with Gasteiger partial charge < -0.3 is 10.1 Å². The van der Waals surface area contributed by atoms with Crippen molar-refractivity contribution in [1.82, 2.24) is 10.3 Å². The molecule has 2 unspecified atom stereocenters. The van der Waals surface area contributed by atoms with Gasteiger partial charge in [0.1, 0.15) is 0 Å². The lowest BCUT2D eigenvalue weighted by atomic mass is 9.96. The first kappa shape index (κ1) is 13.0. The summed E-state index contributed by atoms with van der Waals surface area (Å²) in [5.74, 6) is 0.735. The van der Waals surface area contributed by atoms with Crippen molar-refractivity contribution >= 4 is 11.3 Å². The van der Waals surface area contributed by atoms with E-state index in [2.05, 4.69) is 29.5 Å². The normalized spacial score (nSPS) is 21.9. The van der Waals surface area contributed by atoms with Gasteiger partial charge in [0.25, 0.3) is 0 Å². The van der Waals surface area contributed by atoms with E-state index in [0.29, 0.717) is 6.04 Å². The highest BCUT2D eigenvalue weighted by Gasteiger charge is 2.21. The third-order valence-corrected chi connectivity index (χ3v) is 4.08. The average molecular weight is 254 g/mol. The maximum Gasteiger partial charge on any atom is 0.0897 e. The Morgan fingerprint density at radius 3 is 3.12 bits per heavy atom. The number of thiazole rings is 1. The molecule has 0 radical (unpaired) electrons. The van der Waals surface area contributed by atoms with Crippen molar-refractivity contribution in [3.8, 4) is 0 Å². The van der Waals surface area contributed by atoms with Gasteiger partial charge in [0.05, 0.1) is 10.7 Å². The molecule has 1 aromatic rings.